The van der Waals surface area contributed by atoms with E-state index in [1.165, 1.54) is 16.7 Å². The highest BCUT2D eigenvalue weighted by atomic mass is 127. The fraction of sp³-hybridized carbons (Fsp3) is 0.318. The lowest BCUT2D eigenvalue weighted by molar-refractivity contribution is 0.664. The summed E-state index contributed by atoms with van der Waals surface area (Å²) in [5.41, 5.74) is 3.67. The molecule has 1 aromatic heterocycles. The van der Waals surface area contributed by atoms with Crippen molar-refractivity contribution in [3.63, 3.8) is 0 Å². The molecule has 154 valence electrons. The average molecular weight is 504 g/mol. The summed E-state index contributed by atoms with van der Waals surface area (Å²) in [5, 5.41) is 15.2. The summed E-state index contributed by atoms with van der Waals surface area (Å²) in [6, 6.07) is 18.8. The van der Waals surface area contributed by atoms with Crippen LogP contribution in [0, 0.1) is 13.8 Å². The van der Waals surface area contributed by atoms with E-state index < -0.39 is 0 Å². The van der Waals surface area contributed by atoms with Crippen molar-refractivity contribution in [1.82, 2.24) is 25.4 Å². The third kappa shape index (κ3) is 6.28. The Kier molecular flexibility index (Phi) is 8.63. The number of guanidine groups is 1. The zero-order valence-corrected chi connectivity index (χ0v) is 19.7. The molecule has 0 saturated carbocycles. The second-order valence-corrected chi connectivity index (χ2v) is 6.94. The number of nitrogens with zero attached hydrogens (tertiary/aromatic N) is 4. The highest BCUT2D eigenvalue weighted by Crippen LogP contribution is 2.12. The molecule has 0 amide bonds. The maximum absolute atomic E-state index is 4.81. The number of rotatable bonds is 6. The van der Waals surface area contributed by atoms with E-state index in [2.05, 4.69) is 58.9 Å². The summed E-state index contributed by atoms with van der Waals surface area (Å²) in [6.07, 6.45) is 0. The zero-order valence-electron chi connectivity index (χ0n) is 17.4. The Morgan fingerprint density at radius 2 is 1.72 bits per heavy atom. The normalized spacial score (nSPS) is 12.2. The average Bonchev–Trinajstić information content (AvgIpc) is 3.03. The minimum absolute atomic E-state index is 0. The van der Waals surface area contributed by atoms with Gasteiger partial charge >= 0.3 is 0 Å². The van der Waals surface area contributed by atoms with Crippen LogP contribution in [0.3, 0.4) is 0 Å². The standard InChI is InChI=1S/C22H28N6.HI/c1-16-10-8-9-13-20(16)14-23-22(24-15-21-27-26-18(3)28(21)4)25-17(2)19-11-6-5-7-12-19;/h5-13,17H,14-15H2,1-4H3,(H2,23,24,25);1H. The molecule has 3 aromatic rings. The SMILES string of the molecule is Cc1ccccc1CN=C(NCc1nnc(C)n1C)NC(C)c1ccccc1.I. The highest BCUT2D eigenvalue weighted by Gasteiger charge is 2.10. The molecule has 7 heteroatoms. The van der Waals surface area contributed by atoms with Crippen LogP contribution in [0.5, 0.6) is 0 Å². The maximum Gasteiger partial charge on any atom is 0.192 e. The molecule has 1 heterocycles. The van der Waals surface area contributed by atoms with Gasteiger partial charge in [-0.2, -0.15) is 0 Å². The first-order chi connectivity index (χ1) is 13.5. The number of aromatic nitrogens is 3. The Bertz CT molecular complexity index is 935. The fourth-order valence-corrected chi connectivity index (χ4v) is 2.90. The molecule has 0 aliphatic heterocycles. The summed E-state index contributed by atoms with van der Waals surface area (Å²) < 4.78 is 1.98. The van der Waals surface area contributed by atoms with Crippen molar-refractivity contribution in [3.05, 3.63) is 82.9 Å². The second kappa shape index (κ2) is 10.9. The molecule has 0 saturated heterocycles. The summed E-state index contributed by atoms with van der Waals surface area (Å²) in [4.78, 5) is 4.81. The van der Waals surface area contributed by atoms with Crippen molar-refractivity contribution in [2.45, 2.75) is 39.9 Å². The van der Waals surface area contributed by atoms with E-state index in [0.717, 1.165) is 17.6 Å². The minimum Gasteiger partial charge on any atom is -0.350 e. The molecule has 3 rings (SSSR count). The monoisotopic (exact) mass is 504 g/mol. The number of nitrogens with one attached hydrogen (secondary N) is 2. The zero-order chi connectivity index (χ0) is 19.9. The smallest absolute Gasteiger partial charge is 0.192 e. The van der Waals surface area contributed by atoms with Crippen LogP contribution in [0.15, 0.2) is 59.6 Å². The Morgan fingerprint density at radius 1 is 1.03 bits per heavy atom. The molecular weight excluding hydrogens is 475 g/mol. The summed E-state index contributed by atoms with van der Waals surface area (Å²) in [5.74, 6) is 2.51. The van der Waals surface area contributed by atoms with Crippen LogP contribution in [0.2, 0.25) is 0 Å². The van der Waals surface area contributed by atoms with Gasteiger partial charge in [0.1, 0.15) is 5.82 Å². The van der Waals surface area contributed by atoms with Crippen molar-refractivity contribution in [2.75, 3.05) is 0 Å². The quantitative estimate of drug-likeness (QED) is 0.302. The molecule has 0 fully saturated rings. The molecule has 6 nitrogen and oxygen atoms in total. The van der Waals surface area contributed by atoms with Gasteiger partial charge in [0.15, 0.2) is 11.8 Å². The molecule has 2 N–H and O–H groups in total. The van der Waals surface area contributed by atoms with Gasteiger partial charge < -0.3 is 15.2 Å². The van der Waals surface area contributed by atoms with E-state index in [4.69, 9.17) is 4.99 Å². The van der Waals surface area contributed by atoms with E-state index in [1.54, 1.807) is 0 Å². The van der Waals surface area contributed by atoms with E-state index in [-0.39, 0.29) is 30.0 Å². The van der Waals surface area contributed by atoms with Gasteiger partial charge in [-0.25, -0.2) is 4.99 Å². The van der Waals surface area contributed by atoms with Crippen LogP contribution in [-0.4, -0.2) is 20.7 Å². The van der Waals surface area contributed by atoms with E-state index in [0.29, 0.717) is 13.1 Å². The topological polar surface area (TPSA) is 67.1 Å². The lowest BCUT2D eigenvalue weighted by Gasteiger charge is -2.19. The van der Waals surface area contributed by atoms with Gasteiger partial charge in [0.05, 0.1) is 19.1 Å². The molecule has 2 aromatic carbocycles. The number of benzene rings is 2. The molecular formula is C22H29IN6. The van der Waals surface area contributed by atoms with Crippen LogP contribution in [-0.2, 0) is 20.1 Å². The van der Waals surface area contributed by atoms with Crippen molar-refractivity contribution >= 4 is 29.9 Å². The van der Waals surface area contributed by atoms with Gasteiger partial charge in [0.25, 0.3) is 0 Å². The van der Waals surface area contributed by atoms with Crippen LogP contribution < -0.4 is 10.6 Å². The maximum atomic E-state index is 4.81. The lowest BCUT2D eigenvalue weighted by Crippen LogP contribution is -2.39. The minimum atomic E-state index is 0. The van der Waals surface area contributed by atoms with E-state index >= 15 is 0 Å². The molecule has 29 heavy (non-hydrogen) atoms. The predicted molar refractivity (Wildman–Crippen MR) is 128 cm³/mol. The Balaban J connectivity index is 0.00000300. The molecule has 0 bridgehead atoms. The van der Waals surface area contributed by atoms with Crippen molar-refractivity contribution in [2.24, 2.45) is 12.0 Å². The molecule has 0 spiro atoms. The Morgan fingerprint density at radius 3 is 2.38 bits per heavy atom. The van der Waals surface area contributed by atoms with Gasteiger partial charge in [0.2, 0.25) is 0 Å². The summed E-state index contributed by atoms with van der Waals surface area (Å²) in [6.45, 7) is 7.35. The molecule has 0 aliphatic rings. The second-order valence-electron chi connectivity index (χ2n) is 6.94. The van der Waals surface area contributed by atoms with Crippen LogP contribution in [0.25, 0.3) is 0 Å². The Labute approximate surface area is 189 Å². The van der Waals surface area contributed by atoms with Gasteiger partial charge in [-0.1, -0.05) is 54.6 Å². The van der Waals surface area contributed by atoms with Gasteiger partial charge in [-0.15, -0.1) is 34.2 Å². The summed E-state index contributed by atoms with van der Waals surface area (Å²) in [7, 11) is 1.97. The number of hydrogen-bond donors (Lipinski definition) is 2. The number of halogens is 1. The van der Waals surface area contributed by atoms with Gasteiger partial charge in [-0.05, 0) is 37.5 Å². The van der Waals surface area contributed by atoms with Gasteiger partial charge in [0, 0.05) is 7.05 Å². The third-order valence-corrected chi connectivity index (χ3v) is 4.92. The van der Waals surface area contributed by atoms with Gasteiger partial charge in [-0.3, -0.25) is 0 Å². The number of aliphatic imine (C=N–C) groups is 1. The van der Waals surface area contributed by atoms with Crippen molar-refractivity contribution < 1.29 is 0 Å². The first kappa shape index (κ1) is 22.9. The lowest BCUT2D eigenvalue weighted by atomic mass is 10.1. The van der Waals surface area contributed by atoms with Crippen LogP contribution in [0.1, 0.15) is 41.3 Å². The number of hydrogen-bond acceptors (Lipinski definition) is 3. The predicted octanol–water partition coefficient (Wildman–Crippen LogP) is 4.05. The Hall–Kier alpha value is -2.42. The molecule has 1 unspecified atom stereocenters. The van der Waals surface area contributed by atoms with Crippen LogP contribution in [0.4, 0.5) is 0 Å². The van der Waals surface area contributed by atoms with Crippen molar-refractivity contribution in [1.29, 1.82) is 0 Å². The molecule has 1 atom stereocenters. The van der Waals surface area contributed by atoms with E-state index in [1.807, 2.05) is 48.9 Å². The third-order valence-electron chi connectivity index (χ3n) is 4.92. The summed E-state index contributed by atoms with van der Waals surface area (Å²) >= 11 is 0. The molecule has 0 aliphatic carbocycles. The number of aryl methyl sites for hydroxylation is 2. The van der Waals surface area contributed by atoms with Crippen LogP contribution >= 0.6 is 24.0 Å². The first-order valence-corrected chi connectivity index (χ1v) is 9.53. The fourth-order valence-electron chi connectivity index (χ4n) is 2.90. The molecule has 0 radical (unpaired) electrons. The largest absolute Gasteiger partial charge is 0.350 e. The van der Waals surface area contributed by atoms with E-state index in [9.17, 15) is 0 Å². The highest BCUT2D eigenvalue weighted by molar-refractivity contribution is 14.0. The first-order valence-electron chi connectivity index (χ1n) is 9.53. The van der Waals surface area contributed by atoms with Crippen molar-refractivity contribution in [3.8, 4) is 0 Å².